The van der Waals surface area contributed by atoms with Crippen LogP contribution < -0.4 is 5.32 Å². The number of hydrogen-bond donors (Lipinski definition) is 2. The molecule has 0 aliphatic carbocycles. The van der Waals surface area contributed by atoms with E-state index in [4.69, 9.17) is 9.47 Å². The van der Waals surface area contributed by atoms with E-state index in [0.29, 0.717) is 30.4 Å². The van der Waals surface area contributed by atoms with Crippen LogP contribution in [0.3, 0.4) is 0 Å². The summed E-state index contributed by atoms with van der Waals surface area (Å²) in [6.45, 7) is 1.07. The number of hydrogen-bond acceptors (Lipinski definition) is 9. The van der Waals surface area contributed by atoms with Gasteiger partial charge in [-0.3, -0.25) is 14.9 Å². The predicted octanol–water partition coefficient (Wildman–Crippen LogP) is 3.80. The number of nitro benzene ring substituents is 1. The van der Waals surface area contributed by atoms with E-state index in [9.17, 15) is 20.0 Å². The Labute approximate surface area is 180 Å². The molecule has 0 fully saturated rings. The number of nitro groups is 1. The lowest BCUT2D eigenvalue weighted by atomic mass is 10.1. The van der Waals surface area contributed by atoms with Gasteiger partial charge in [0.2, 0.25) is 5.91 Å². The number of rotatable bonds is 10. The number of methoxy groups -OCH3 is 1. The molecule has 9 nitrogen and oxygen atoms in total. The number of ether oxygens (including phenoxy) is 2. The zero-order chi connectivity index (χ0) is 21.5. The highest BCUT2D eigenvalue weighted by Gasteiger charge is 2.15. The first-order valence-electron chi connectivity index (χ1n) is 8.82. The molecule has 3 aromatic rings. The summed E-state index contributed by atoms with van der Waals surface area (Å²) in [5, 5.41) is 23.2. The molecule has 3 rings (SSSR count). The van der Waals surface area contributed by atoms with E-state index in [2.05, 4.69) is 10.3 Å². The third kappa shape index (κ3) is 5.89. The molecule has 1 aromatic heterocycles. The standard InChI is InChI=1S/C19H19N3O6S2/c1-27-6-7-28-11-29-19-21-14-4-3-13(10-17(14)30-19)20-18(24)9-12-2-5-16(23)15(8-12)22(25)26/h2-5,8,10,23H,6-7,9,11H2,1H3,(H,20,24). The summed E-state index contributed by atoms with van der Waals surface area (Å²) in [6.07, 6.45) is -0.0538. The maximum absolute atomic E-state index is 12.3. The van der Waals surface area contributed by atoms with Crippen LogP contribution in [0.1, 0.15) is 5.56 Å². The number of amides is 1. The second-order valence-corrected chi connectivity index (χ2v) is 8.33. The van der Waals surface area contributed by atoms with Crippen molar-refractivity contribution < 1.29 is 24.3 Å². The molecule has 0 aliphatic rings. The van der Waals surface area contributed by atoms with Crippen molar-refractivity contribution in [2.45, 2.75) is 10.8 Å². The van der Waals surface area contributed by atoms with Crippen molar-refractivity contribution in [3.8, 4) is 5.75 Å². The molecule has 0 atom stereocenters. The zero-order valence-corrected chi connectivity index (χ0v) is 17.6. The van der Waals surface area contributed by atoms with E-state index in [1.807, 2.05) is 12.1 Å². The van der Waals surface area contributed by atoms with Crippen LogP contribution in [0, 0.1) is 10.1 Å². The van der Waals surface area contributed by atoms with Gasteiger partial charge in [-0.05, 0) is 29.8 Å². The average Bonchev–Trinajstić information content (AvgIpc) is 3.11. The molecule has 2 N–H and O–H groups in total. The Morgan fingerprint density at radius 2 is 2.13 bits per heavy atom. The van der Waals surface area contributed by atoms with Crippen LogP contribution in [0.4, 0.5) is 11.4 Å². The molecule has 1 amide bonds. The second-order valence-electron chi connectivity index (χ2n) is 6.13. The maximum atomic E-state index is 12.3. The third-order valence-electron chi connectivity index (χ3n) is 3.95. The van der Waals surface area contributed by atoms with E-state index < -0.39 is 16.4 Å². The molecule has 0 radical (unpaired) electrons. The van der Waals surface area contributed by atoms with Crippen molar-refractivity contribution in [2.75, 3.05) is 31.6 Å². The number of benzene rings is 2. The number of carbonyl (C=O) groups is 1. The number of thiazole rings is 1. The van der Waals surface area contributed by atoms with E-state index in [-0.39, 0.29) is 12.3 Å². The molecular formula is C19H19N3O6S2. The number of nitrogens with zero attached hydrogens (tertiary/aromatic N) is 2. The Morgan fingerprint density at radius 1 is 1.30 bits per heavy atom. The van der Waals surface area contributed by atoms with Gasteiger partial charge in [-0.25, -0.2) is 4.98 Å². The van der Waals surface area contributed by atoms with Crippen LogP contribution in [-0.4, -0.2) is 47.2 Å². The van der Waals surface area contributed by atoms with Gasteiger partial charge >= 0.3 is 5.69 Å². The van der Waals surface area contributed by atoms with Gasteiger partial charge in [0.25, 0.3) is 0 Å². The number of thioether (sulfide) groups is 1. The van der Waals surface area contributed by atoms with Gasteiger partial charge in [0.1, 0.15) is 0 Å². The normalized spacial score (nSPS) is 11.0. The number of anilines is 1. The van der Waals surface area contributed by atoms with E-state index >= 15 is 0 Å². The molecule has 0 bridgehead atoms. The largest absolute Gasteiger partial charge is 0.502 e. The monoisotopic (exact) mass is 449 g/mol. The smallest absolute Gasteiger partial charge is 0.310 e. The van der Waals surface area contributed by atoms with Crippen molar-refractivity contribution in [2.24, 2.45) is 0 Å². The highest BCUT2D eigenvalue weighted by molar-refractivity contribution is 8.01. The van der Waals surface area contributed by atoms with Crippen molar-refractivity contribution in [1.29, 1.82) is 0 Å². The highest BCUT2D eigenvalue weighted by Crippen LogP contribution is 2.31. The Balaban J connectivity index is 1.61. The molecule has 0 spiro atoms. The average molecular weight is 450 g/mol. The Morgan fingerprint density at radius 3 is 2.90 bits per heavy atom. The summed E-state index contributed by atoms with van der Waals surface area (Å²) in [7, 11) is 1.62. The molecule has 158 valence electrons. The fourth-order valence-electron chi connectivity index (χ4n) is 2.55. The molecule has 2 aromatic carbocycles. The maximum Gasteiger partial charge on any atom is 0.310 e. The van der Waals surface area contributed by atoms with Gasteiger partial charge in [-0.15, -0.1) is 11.3 Å². The summed E-state index contributed by atoms with van der Waals surface area (Å²) in [4.78, 5) is 27.1. The second kappa shape index (κ2) is 10.3. The number of nitrogens with one attached hydrogen (secondary N) is 1. The summed E-state index contributed by atoms with van der Waals surface area (Å²) in [6, 6.07) is 9.29. The minimum Gasteiger partial charge on any atom is -0.502 e. The molecule has 0 saturated carbocycles. The minimum absolute atomic E-state index is 0.0538. The van der Waals surface area contributed by atoms with Crippen LogP contribution in [-0.2, 0) is 20.7 Å². The van der Waals surface area contributed by atoms with Crippen molar-refractivity contribution in [3.05, 3.63) is 52.1 Å². The molecule has 30 heavy (non-hydrogen) atoms. The van der Waals surface area contributed by atoms with Gasteiger partial charge < -0.3 is 19.9 Å². The van der Waals surface area contributed by atoms with Crippen molar-refractivity contribution in [1.82, 2.24) is 4.98 Å². The topological polar surface area (TPSA) is 124 Å². The lowest BCUT2D eigenvalue weighted by Crippen LogP contribution is -2.14. The summed E-state index contributed by atoms with van der Waals surface area (Å²) >= 11 is 2.99. The summed E-state index contributed by atoms with van der Waals surface area (Å²) < 4.78 is 12.1. The summed E-state index contributed by atoms with van der Waals surface area (Å²) in [5.74, 6) is -0.275. The van der Waals surface area contributed by atoms with Gasteiger partial charge in [0.05, 0.1) is 40.7 Å². The van der Waals surface area contributed by atoms with Crippen LogP contribution in [0.2, 0.25) is 0 Å². The van der Waals surface area contributed by atoms with Crippen molar-refractivity contribution in [3.63, 3.8) is 0 Å². The fourth-order valence-corrected chi connectivity index (χ4v) is 4.40. The molecule has 0 unspecified atom stereocenters. The lowest BCUT2D eigenvalue weighted by Gasteiger charge is -2.06. The van der Waals surface area contributed by atoms with Gasteiger partial charge in [0.15, 0.2) is 10.1 Å². The lowest BCUT2D eigenvalue weighted by molar-refractivity contribution is -0.385. The van der Waals surface area contributed by atoms with Gasteiger partial charge in [-0.2, -0.15) is 0 Å². The first-order chi connectivity index (χ1) is 14.5. The zero-order valence-electron chi connectivity index (χ0n) is 16.0. The van der Waals surface area contributed by atoms with Gasteiger partial charge in [0, 0.05) is 18.9 Å². The molecule has 0 aliphatic heterocycles. The summed E-state index contributed by atoms with van der Waals surface area (Å²) in [5.41, 5.74) is 1.44. The van der Waals surface area contributed by atoms with Gasteiger partial charge in [-0.1, -0.05) is 17.8 Å². The Bertz CT molecular complexity index is 1060. The first kappa shape index (κ1) is 22.0. The fraction of sp³-hybridized carbons (Fsp3) is 0.263. The van der Waals surface area contributed by atoms with Crippen LogP contribution in [0.25, 0.3) is 10.2 Å². The number of phenols is 1. The number of aromatic hydroxyl groups is 1. The molecule has 1 heterocycles. The molecule has 11 heteroatoms. The van der Waals surface area contributed by atoms with Crippen LogP contribution >= 0.6 is 23.1 Å². The predicted molar refractivity (Wildman–Crippen MR) is 115 cm³/mol. The first-order valence-corrected chi connectivity index (χ1v) is 10.6. The number of fused-ring (bicyclic) bond motifs is 1. The number of phenolic OH excluding ortho intramolecular Hbond substituents is 1. The third-order valence-corrected chi connectivity index (χ3v) is 5.99. The van der Waals surface area contributed by atoms with E-state index in [0.717, 1.165) is 14.6 Å². The van der Waals surface area contributed by atoms with E-state index in [1.54, 1.807) is 13.2 Å². The van der Waals surface area contributed by atoms with Crippen LogP contribution in [0.5, 0.6) is 5.75 Å². The number of carbonyl (C=O) groups excluding carboxylic acids is 1. The number of aromatic nitrogens is 1. The molecular weight excluding hydrogens is 430 g/mol. The Hall–Kier alpha value is -2.73. The SMILES string of the molecule is COCCOCSc1nc2ccc(NC(=O)Cc3ccc(O)c([N+](=O)[O-])c3)cc2s1. The highest BCUT2D eigenvalue weighted by atomic mass is 32.2. The Kier molecular flexibility index (Phi) is 7.57. The van der Waals surface area contributed by atoms with Crippen LogP contribution in [0.15, 0.2) is 40.7 Å². The van der Waals surface area contributed by atoms with Crippen molar-refractivity contribution >= 4 is 50.6 Å². The molecule has 0 saturated heterocycles. The van der Waals surface area contributed by atoms with E-state index in [1.165, 1.54) is 41.3 Å². The minimum atomic E-state index is -0.688. The quantitative estimate of drug-likeness (QED) is 0.157.